The molecule has 2 heteroatoms. The summed E-state index contributed by atoms with van der Waals surface area (Å²) in [5, 5.41) is 2.38. The standard InChI is InChI=1S/C12H13NO/c1-14-12-5-4-10-3-2-9(8-13)6-11(10)7-12/h2-7H,8,13H2,1H3. The summed E-state index contributed by atoms with van der Waals surface area (Å²) in [5.41, 5.74) is 6.72. The highest BCUT2D eigenvalue weighted by Crippen LogP contribution is 2.21. The first kappa shape index (κ1) is 9.03. The summed E-state index contributed by atoms with van der Waals surface area (Å²) in [7, 11) is 1.67. The van der Waals surface area contributed by atoms with E-state index in [1.54, 1.807) is 7.11 Å². The predicted molar refractivity (Wildman–Crippen MR) is 58.4 cm³/mol. The van der Waals surface area contributed by atoms with Crippen molar-refractivity contribution in [1.29, 1.82) is 0 Å². The maximum Gasteiger partial charge on any atom is 0.119 e. The molecule has 0 atom stereocenters. The number of benzene rings is 2. The molecule has 2 N–H and O–H groups in total. The van der Waals surface area contributed by atoms with Gasteiger partial charge in [-0.2, -0.15) is 0 Å². The highest BCUT2D eigenvalue weighted by Gasteiger charge is 1.97. The molecule has 0 aromatic heterocycles. The van der Waals surface area contributed by atoms with E-state index in [1.165, 1.54) is 10.8 Å². The molecule has 72 valence electrons. The molecule has 14 heavy (non-hydrogen) atoms. The first-order valence-corrected chi connectivity index (χ1v) is 4.60. The number of nitrogens with two attached hydrogens (primary N) is 1. The lowest BCUT2D eigenvalue weighted by atomic mass is 10.1. The van der Waals surface area contributed by atoms with Gasteiger partial charge < -0.3 is 10.5 Å². The lowest BCUT2D eigenvalue weighted by Crippen LogP contribution is -1.95. The lowest BCUT2D eigenvalue weighted by Gasteiger charge is -2.04. The van der Waals surface area contributed by atoms with Crippen molar-refractivity contribution in [3.63, 3.8) is 0 Å². The van der Waals surface area contributed by atoms with Gasteiger partial charge in [-0.05, 0) is 34.5 Å². The lowest BCUT2D eigenvalue weighted by molar-refractivity contribution is 0.415. The zero-order valence-electron chi connectivity index (χ0n) is 8.16. The van der Waals surface area contributed by atoms with Crippen molar-refractivity contribution in [2.45, 2.75) is 6.54 Å². The van der Waals surface area contributed by atoms with Crippen molar-refractivity contribution in [1.82, 2.24) is 0 Å². The zero-order valence-corrected chi connectivity index (χ0v) is 8.16. The van der Waals surface area contributed by atoms with Crippen LogP contribution in [-0.4, -0.2) is 7.11 Å². The molecule has 0 fully saturated rings. The quantitative estimate of drug-likeness (QED) is 0.783. The average Bonchev–Trinajstić information content (AvgIpc) is 2.27. The van der Waals surface area contributed by atoms with E-state index < -0.39 is 0 Å². The van der Waals surface area contributed by atoms with Gasteiger partial charge in [0, 0.05) is 6.54 Å². The van der Waals surface area contributed by atoms with Gasteiger partial charge in [-0.25, -0.2) is 0 Å². The summed E-state index contributed by atoms with van der Waals surface area (Å²) >= 11 is 0. The summed E-state index contributed by atoms with van der Waals surface area (Å²) in [5.74, 6) is 0.881. The zero-order chi connectivity index (χ0) is 9.97. The molecule has 0 saturated carbocycles. The molecular formula is C12H13NO. The highest BCUT2D eigenvalue weighted by molar-refractivity contribution is 5.84. The molecule has 2 aromatic rings. The van der Waals surface area contributed by atoms with Crippen molar-refractivity contribution in [3.05, 3.63) is 42.0 Å². The number of methoxy groups -OCH3 is 1. The third-order valence-corrected chi connectivity index (χ3v) is 2.35. The van der Waals surface area contributed by atoms with Crippen LogP contribution >= 0.6 is 0 Å². The Morgan fingerprint density at radius 1 is 1.07 bits per heavy atom. The SMILES string of the molecule is COc1ccc2ccc(CN)cc2c1. The van der Waals surface area contributed by atoms with Gasteiger partial charge in [0.1, 0.15) is 5.75 Å². The predicted octanol–water partition coefficient (Wildman–Crippen LogP) is 2.31. The molecule has 2 rings (SSSR count). The minimum atomic E-state index is 0.577. The Labute approximate surface area is 83.3 Å². The normalized spacial score (nSPS) is 10.4. The molecule has 2 aromatic carbocycles. The third kappa shape index (κ3) is 1.56. The minimum absolute atomic E-state index is 0.577. The smallest absolute Gasteiger partial charge is 0.119 e. The van der Waals surface area contributed by atoms with Crippen molar-refractivity contribution < 1.29 is 4.74 Å². The molecule has 0 spiro atoms. The van der Waals surface area contributed by atoms with E-state index in [1.807, 2.05) is 12.1 Å². The van der Waals surface area contributed by atoms with E-state index in [2.05, 4.69) is 24.3 Å². The van der Waals surface area contributed by atoms with Gasteiger partial charge in [-0.1, -0.05) is 18.2 Å². The van der Waals surface area contributed by atoms with Crippen LogP contribution in [0.5, 0.6) is 5.75 Å². The molecule has 0 aliphatic rings. The van der Waals surface area contributed by atoms with Crippen LogP contribution in [0.3, 0.4) is 0 Å². The Hall–Kier alpha value is -1.54. The van der Waals surface area contributed by atoms with E-state index in [-0.39, 0.29) is 0 Å². The first-order chi connectivity index (χ1) is 6.83. The number of fused-ring (bicyclic) bond motifs is 1. The fraction of sp³-hybridized carbons (Fsp3) is 0.167. The Bertz CT molecular complexity index is 412. The molecule has 2 nitrogen and oxygen atoms in total. The minimum Gasteiger partial charge on any atom is -0.497 e. The topological polar surface area (TPSA) is 35.2 Å². The van der Waals surface area contributed by atoms with Gasteiger partial charge in [0.15, 0.2) is 0 Å². The van der Waals surface area contributed by atoms with E-state index in [0.29, 0.717) is 6.54 Å². The summed E-state index contributed by atoms with van der Waals surface area (Å²) in [6, 6.07) is 12.3. The van der Waals surface area contributed by atoms with Crippen LogP contribution in [0.1, 0.15) is 5.56 Å². The summed E-state index contributed by atoms with van der Waals surface area (Å²) < 4.78 is 5.16. The van der Waals surface area contributed by atoms with E-state index in [9.17, 15) is 0 Å². The Balaban J connectivity index is 2.60. The molecule has 0 saturated heterocycles. The summed E-state index contributed by atoms with van der Waals surface area (Å²) in [6.45, 7) is 0.577. The van der Waals surface area contributed by atoms with Gasteiger partial charge in [0.05, 0.1) is 7.11 Å². The van der Waals surface area contributed by atoms with Crippen LogP contribution in [0.15, 0.2) is 36.4 Å². The molecule has 0 radical (unpaired) electrons. The van der Waals surface area contributed by atoms with Gasteiger partial charge in [-0.3, -0.25) is 0 Å². The molecule has 0 aliphatic carbocycles. The van der Waals surface area contributed by atoms with Crippen LogP contribution in [0.2, 0.25) is 0 Å². The molecular weight excluding hydrogens is 174 g/mol. The number of ether oxygens (including phenoxy) is 1. The largest absolute Gasteiger partial charge is 0.497 e. The van der Waals surface area contributed by atoms with Crippen LogP contribution in [0, 0.1) is 0 Å². The highest BCUT2D eigenvalue weighted by atomic mass is 16.5. The monoisotopic (exact) mass is 187 g/mol. The van der Waals surface area contributed by atoms with Gasteiger partial charge in [0.2, 0.25) is 0 Å². The van der Waals surface area contributed by atoms with E-state index in [0.717, 1.165) is 11.3 Å². The fourth-order valence-corrected chi connectivity index (χ4v) is 1.53. The van der Waals surface area contributed by atoms with Crippen molar-refractivity contribution in [2.75, 3.05) is 7.11 Å². The van der Waals surface area contributed by atoms with E-state index in [4.69, 9.17) is 10.5 Å². The maximum atomic E-state index is 5.58. The Morgan fingerprint density at radius 3 is 2.57 bits per heavy atom. The summed E-state index contributed by atoms with van der Waals surface area (Å²) in [4.78, 5) is 0. The molecule has 0 unspecified atom stereocenters. The van der Waals surface area contributed by atoms with Crippen molar-refractivity contribution >= 4 is 10.8 Å². The van der Waals surface area contributed by atoms with Gasteiger partial charge >= 0.3 is 0 Å². The second kappa shape index (κ2) is 3.68. The van der Waals surface area contributed by atoms with Gasteiger partial charge in [0.25, 0.3) is 0 Å². The average molecular weight is 187 g/mol. The van der Waals surface area contributed by atoms with Crippen LogP contribution < -0.4 is 10.5 Å². The Morgan fingerprint density at radius 2 is 1.86 bits per heavy atom. The molecule has 0 aliphatic heterocycles. The molecule has 0 bridgehead atoms. The molecule has 0 amide bonds. The van der Waals surface area contributed by atoms with E-state index >= 15 is 0 Å². The first-order valence-electron chi connectivity index (χ1n) is 4.60. The number of hydrogen-bond donors (Lipinski definition) is 1. The second-order valence-corrected chi connectivity index (χ2v) is 3.25. The van der Waals surface area contributed by atoms with Crippen LogP contribution in [0.4, 0.5) is 0 Å². The number of hydrogen-bond acceptors (Lipinski definition) is 2. The Kier molecular flexibility index (Phi) is 2.37. The maximum absolute atomic E-state index is 5.58. The van der Waals surface area contributed by atoms with Crippen molar-refractivity contribution in [3.8, 4) is 5.75 Å². The summed E-state index contributed by atoms with van der Waals surface area (Å²) in [6.07, 6.45) is 0. The molecule has 0 heterocycles. The van der Waals surface area contributed by atoms with Crippen molar-refractivity contribution in [2.24, 2.45) is 5.73 Å². The van der Waals surface area contributed by atoms with Crippen LogP contribution in [-0.2, 0) is 6.54 Å². The third-order valence-electron chi connectivity index (χ3n) is 2.35. The van der Waals surface area contributed by atoms with Crippen LogP contribution in [0.25, 0.3) is 10.8 Å². The fourth-order valence-electron chi connectivity index (χ4n) is 1.53. The number of rotatable bonds is 2. The van der Waals surface area contributed by atoms with Gasteiger partial charge in [-0.15, -0.1) is 0 Å². The second-order valence-electron chi connectivity index (χ2n) is 3.25.